The summed E-state index contributed by atoms with van der Waals surface area (Å²) in [6.45, 7) is 2.82. The van der Waals surface area contributed by atoms with Crippen LogP contribution < -0.4 is 0 Å². The van der Waals surface area contributed by atoms with E-state index < -0.39 is 0 Å². The minimum Gasteiger partial charge on any atom is -0.469 e. The predicted octanol–water partition coefficient (Wildman–Crippen LogP) is 2.11. The third-order valence-electron chi connectivity index (χ3n) is 2.72. The molecule has 0 saturated heterocycles. The number of hydrogen-bond donors (Lipinski definition) is 0. The maximum atomic E-state index is 11.9. The molecule has 0 aliphatic carbocycles. The molecule has 0 atom stereocenters. The van der Waals surface area contributed by atoms with Gasteiger partial charge in [0.15, 0.2) is 0 Å². The molecule has 0 aliphatic rings. The van der Waals surface area contributed by atoms with Gasteiger partial charge in [0.2, 0.25) is 5.91 Å². The number of carbonyl (C=O) groups excluding carboxylic acids is 2. The van der Waals surface area contributed by atoms with Crippen LogP contribution >= 0.6 is 0 Å². The number of methoxy groups -OCH3 is 1. The number of benzene rings is 1. The number of esters is 1. The number of ether oxygens (including phenoxy) is 1. The lowest BCUT2D eigenvalue weighted by Gasteiger charge is -2.18. The smallest absolute Gasteiger partial charge is 0.307 e. The highest BCUT2D eigenvalue weighted by atomic mass is 16.5. The van der Waals surface area contributed by atoms with E-state index in [9.17, 15) is 9.59 Å². The Morgan fingerprint density at radius 1 is 1.26 bits per heavy atom. The standard InChI is InChI=1S/C15H19NO3/c1-3-16(12-11-15(18)19-2)14(17)10-9-13-7-5-4-6-8-13/h4-10H,3,11-12H2,1-2H3. The number of amides is 1. The predicted molar refractivity (Wildman–Crippen MR) is 74.4 cm³/mol. The number of likely N-dealkylation sites (N-methyl/N-ethyl adjacent to an activating group) is 1. The first kappa shape index (κ1) is 15.0. The van der Waals surface area contributed by atoms with Crippen LogP contribution in [0.15, 0.2) is 36.4 Å². The molecule has 0 aromatic heterocycles. The van der Waals surface area contributed by atoms with Crippen LogP contribution in [0.2, 0.25) is 0 Å². The Morgan fingerprint density at radius 3 is 2.53 bits per heavy atom. The first-order valence-electron chi connectivity index (χ1n) is 6.26. The van der Waals surface area contributed by atoms with Crippen molar-refractivity contribution < 1.29 is 14.3 Å². The quantitative estimate of drug-likeness (QED) is 0.582. The third kappa shape index (κ3) is 5.38. The summed E-state index contributed by atoms with van der Waals surface area (Å²) < 4.78 is 4.56. The van der Waals surface area contributed by atoms with Gasteiger partial charge < -0.3 is 9.64 Å². The summed E-state index contributed by atoms with van der Waals surface area (Å²) in [4.78, 5) is 24.6. The highest BCUT2D eigenvalue weighted by Gasteiger charge is 2.10. The van der Waals surface area contributed by atoms with Crippen LogP contribution in [0.3, 0.4) is 0 Å². The van der Waals surface area contributed by atoms with Gasteiger partial charge >= 0.3 is 5.97 Å². The fourth-order valence-electron chi connectivity index (χ4n) is 1.59. The van der Waals surface area contributed by atoms with Crippen molar-refractivity contribution in [3.05, 3.63) is 42.0 Å². The Morgan fingerprint density at radius 2 is 1.95 bits per heavy atom. The summed E-state index contributed by atoms with van der Waals surface area (Å²) in [5, 5.41) is 0. The van der Waals surface area contributed by atoms with Gasteiger partial charge in [0.25, 0.3) is 0 Å². The van der Waals surface area contributed by atoms with Gasteiger partial charge in [0.05, 0.1) is 13.5 Å². The first-order valence-corrected chi connectivity index (χ1v) is 6.26. The molecule has 102 valence electrons. The lowest BCUT2D eigenvalue weighted by atomic mass is 10.2. The first-order chi connectivity index (χ1) is 9.17. The van der Waals surface area contributed by atoms with E-state index in [1.54, 1.807) is 11.0 Å². The van der Waals surface area contributed by atoms with Crippen molar-refractivity contribution in [2.24, 2.45) is 0 Å². The molecule has 0 aliphatic heterocycles. The molecule has 0 saturated carbocycles. The van der Waals surface area contributed by atoms with E-state index in [0.29, 0.717) is 13.1 Å². The third-order valence-corrected chi connectivity index (χ3v) is 2.72. The van der Waals surface area contributed by atoms with E-state index in [4.69, 9.17) is 0 Å². The van der Waals surface area contributed by atoms with E-state index in [2.05, 4.69) is 4.74 Å². The highest BCUT2D eigenvalue weighted by molar-refractivity contribution is 5.92. The van der Waals surface area contributed by atoms with Crippen molar-refractivity contribution >= 4 is 18.0 Å². The minimum atomic E-state index is -0.307. The zero-order chi connectivity index (χ0) is 14.1. The molecule has 1 aromatic rings. The van der Waals surface area contributed by atoms with Gasteiger partial charge in [0.1, 0.15) is 0 Å². The Kier molecular flexibility index (Phi) is 6.36. The van der Waals surface area contributed by atoms with Gasteiger partial charge in [-0.3, -0.25) is 9.59 Å². The summed E-state index contributed by atoms with van der Waals surface area (Å²) in [6, 6.07) is 9.61. The number of nitrogens with zero attached hydrogens (tertiary/aromatic N) is 1. The van der Waals surface area contributed by atoms with E-state index in [0.717, 1.165) is 5.56 Å². The lowest BCUT2D eigenvalue weighted by Crippen LogP contribution is -2.31. The molecule has 0 fully saturated rings. The second-order valence-electron chi connectivity index (χ2n) is 3.99. The minimum absolute atomic E-state index is 0.102. The Hall–Kier alpha value is -2.10. The molecule has 0 unspecified atom stereocenters. The fourth-order valence-corrected chi connectivity index (χ4v) is 1.59. The van der Waals surface area contributed by atoms with E-state index in [-0.39, 0.29) is 18.3 Å². The van der Waals surface area contributed by atoms with Gasteiger partial charge in [-0.25, -0.2) is 0 Å². The van der Waals surface area contributed by atoms with Crippen LogP contribution in [0, 0.1) is 0 Å². The molecule has 0 radical (unpaired) electrons. The maximum Gasteiger partial charge on any atom is 0.307 e. The van der Waals surface area contributed by atoms with E-state index in [1.807, 2.05) is 37.3 Å². The summed E-state index contributed by atoms with van der Waals surface area (Å²) >= 11 is 0. The second kappa shape index (κ2) is 8.08. The summed E-state index contributed by atoms with van der Waals surface area (Å²) in [5.41, 5.74) is 0.972. The van der Waals surface area contributed by atoms with Crippen molar-refractivity contribution in [2.75, 3.05) is 20.2 Å². The van der Waals surface area contributed by atoms with Crippen LogP contribution in [-0.2, 0) is 14.3 Å². The average Bonchev–Trinajstić information content (AvgIpc) is 2.46. The van der Waals surface area contributed by atoms with Crippen molar-refractivity contribution in [1.29, 1.82) is 0 Å². The SMILES string of the molecule is CCN(CCC(=O)OC)C(=O)C=Cc1ccccc1. The number of hydrogen-bond acceptors (Lipinski definition) is 3. The van der Waals surface area contributed by atoms with Crippen LogP contribution in [-0.4, -0.2) is 37.0 Å². The Balaban J connectivity index is 2.54. The number of carbonyl (C=O) groups is 2. The van der Waals surface area contributed by atoms with E-state index >= 15 is 0 Å². The molecule has 0 heterocycles. The van der Waals surface area contributed by atoms with Gasteiger partial charge in [0, 0.05) is 19.2 Å². The summed E-state index contributed by atoms with van der Waals surface area (Å²) in [6.07, 6.45) is 3.51. The monoisotopic (exact) mass is 261 g/mol. The second-order valence-corrected chi connectivity index (χ2v) is 3.99. The average molecular weight is 261 g/mol. The Labute approximate surface area is 113 Å². The van der Waals surface area contributed by atoms with Gasteiger partial charge in [-0.1, -0.05) is 30.3 Å². The molecule has 4 nitrogen and oxygen atoms in total. The molecular weight excluding hydrogens is 242 g/mol. The van der Waals surface area contributed by atoms with Crippen LogP contribution in [0.1, 0.15) is 18.9 Å². The van der Waals surface area contributed by atoms with E-state index in [1.165, 1.54) is 13.2 Å². The van der Waals surface area contributed by atoms with Crippen molar-refractivity contribution in [3.8, 4) is 0 Å². The zero-order valence-corrected chi connectivity index (χ0v) is 11.3. The maximum absolute atomic E-state index is 11.9. The summed E-state index contributed by atoms with van der Waals surface area (Å²) in [7, 11) is 1.34. The normalized spacial score (nSPS) is 10.4. The highest BCUT2D eigenvalue weighted by Crippen LogP contribution is 2.03. The molecule has 1 aromatic carbocycles. The lowest BCUT2D eigenvalue weighted by molar-refractivity contribution is -0.141. The molecule has 4 heteroatoms. The molecular formula is C15H19NO3. The molecule has 0 spiro atoms. The fraction of sp³-hybridized carbons (Fsp3) is 0.333. The topological polar surface area (TPSA) is 46.6 Å². The largest absolute Gasteiger partial charge is 0.469 e. The molecule has 19 heavy (non-hydrogen) atoms. The zero-order valence-electron chi connectivity index (χ0n) is 11.3. The molecule has 0 bridgehead atoms. The van der Waals surface area contributed by atoms with Crippen LogP contribution in [0.25, 0.3) is 6.08 Å². The van der Waals surface area contributed by atoms with Gasteiger partial charge in [-0.2, -0.15) is 0 Å². The molecule has 1 amide bonds. The van der Waals surface area contributed by atoms with Crippen LogP contribution in [0.5, 0.6) is 0 Å². The van der Waals surface area contributed by atoms with Gasteiger partial charge in [-0.15, -0.1) is 0 Å². The van der Waals surface area contributed by atoms with Crippen LogP contribution in [0.4, 0.5) is 0 Å². The molecule has 1 rings (SSSR count). The van der Waals surface area contributed by atoms with Gasteiger partial charge in [-0.05, 0) is 18.6 Å². The van der Waals surface area contributed by atoms with Crippen molar-refractivity contribution in [3.63, 3.8) is 0 Å². The summed E-state index contributed by atoms with van der Waals surface area (Å²) in [5.74, 6) is -0.409. The van der Waals surface area contributed by atoms with Crippen molar-refractivity contribution in [1.82, 2.24) is 4.90 Å². The van der Waals surface area contributed by atoms with Crippen molar-refractivity contribution in [2.45, 2.75) is 13.3 Å². The number of rotatable bonds is 6. The molecule has 0 N–H and O–H groups in total. The Bertz CT molecular complexity index is 440.